The van der Waals surface area contributed by atoms with Gasteiger partial charge in [-0.15, -0.1) is 0 Å². The second-order valence-corrected chi connectivity index (χ2v) is 6.89. The molecule has 0 amide bonds. The highest BCUT2D eigenvalue weighted by Gasteiger charge is 2.24. The van der Waals surface area contributed by atoms with E-state index < -0.39 is 11.3 Å². The largest absolute Gasteiger partial charge is 0.488 e. The average Bonchev–Trinajstić information content (AvgIpc) is 2.83. The van der Waals surface area contributed by atoms with Gasteiger partial charge in [-0.05, 0) is 56.8 Å². The Balaban J connectivity index is 1.90. The van der Waals surface area contributed by atoms with E-state index >= 15 is 0 Å². The Bertz CT molecular complexity index is 590. The minimum atomic E-state index is -1.41. The molecule has 1 unspecified atom stereocenters. The molecule has 0 radical (unpaired) electrons. The molecule has 0 aliphatic heterocycles. The van der Waals surface area contributed by atoms with Gasteiger partial charge < -0.3 is 20.7 Å². The lowest BCUT2D eigenvalue weighted by atomic mass is 9.98. The van der Waals surface area contributed by atoms with Crippen LogP contribution in [-0.4, -0.2) is 32.5 Å². The molecule has 21 heavy (non-hydrogen) atoms. The van der Waals surface area contributed by atoms with Crippen LogP contribution in [0.5, 0.6) is 5.75 Å². The molecule has 6 heteroatoms. The van der Waals surface area contributed by atoms with Crippen molar-refractivity contribution in [1.82, 2.24) is 4.37 Å². The third-order valence-electron chi connectivity index (χ3n) is 3.23. The zero-order valence-electron chi connectivity index (χ0n) is 12.4. The average molecular weight is 310 g/mol. The summed E-state index contributed by atoms with van der Waals surface area (Å²) in [4.78, 5) is 0. The van der Waals surface area contributed by atoms with E-state index in [1.54, 1.807) is 20.0 Å². The van der Waals surface area contributed by atoms with Crippen molar-refractivity contribution in [3.63, 3.8) is 0 Å². The second kappa shape index (κ2) is 6.27. The Kier molecular flexibility index (Phi) is 4.83. The van der Waals surface area contributed by atoms with Gasteiger partial charge in [0.1, 0.15) is 18.1 Å². The minimum Gasteiger partial charge on any atom is -0.488 e. The number of benzene rings is 1. The Hall–Kier alpha value is -1.21. The van der Waals surface area contributed by atoms with Gasteiger partial charge >= 0.3 is 0 Å². The van der Waals surface area contributed by atoms with E-state index in [-0.39, 0.29) is 6.61 Å². The first-order valence-corrected chi connectivity index (χ1v) is 7.74. The predicted octanol–water partition coefficient (Wildman–Crippen LogP) is 2.26. The van der Waals surface area contributed by atoms with Crippen LogP contribution in [0.1, 0.15) is 33.1 Å². The molecule has 0 saturated heterocycles. The maximum atomic E-state index is 10.2. The Labute approximate surface area is 128 Å². The lowest BCUT2D eigenvalue weighted by molar-refractivity contribution is -0.0146. The molecule has 1 aromatic carbocycles. The summed E-state index contributed by atoms with van der Waals surface area (Å²) in [5.41, 5.74) is 3.70. The van der Waals surface area contributed by atoms with E-state index in [9.17, 15) is 10.2 Å². The first-order chi connectivity index (χ1) is 9.77. The van der Waals surface area contributed by atoms with Gasteiger partial charge in [-0.2, -0.15) is 4.37 Å². The van der Waals surface area contributed by atoms with Gasteiger partial charge in [0.2, 0.25) is 0 Å². The fraction of sp³-hybridized carbons (Fsp3) is 0.533. The fourth-order valence-corrected chi connectivity index (χ4v) is 2.76. The Morgan fingerprint density at radius 3 is 2.76 bits per heavy atom. The first kappa shape index (κ1) is 16.2. The van der Waals surface area contributed by atoms with Crippen LogP contribution in [0.15, 0.2) is 24.4 Å². The number of ether oxygens (including phenoxy) is 1. The molecular formula is C15H22N2O3S. The quantitative estimate of drug-likeness (QED) is 0.683. The number of nitrogens with two attached hydrogens (primary N) is 1. The Morgan fingerprint density at radius 1 is 1.29 bits per heavy atom. The SMILES string of the molecule is CC(C)(O)CCCC(N)(O)COc1cccc2sncc12. The van der Waals surface area contributed by atoms with Crippen molar-refractivity contribution < 1.29 is 14.9 Å². The molecule has 0 bridgehead atoms. The minimum absolute atomic E-state index is 0.00776. The molecule has 0 spiro atoms. The lowest BCUT2D eigenvalue weighted by Crippen LogP contribution is -2.45. The van der Waals surface area contributed by atoms with E-state index in [4.69, 9.17) is 10.5 Å². The molecule has 0 aliphatic carbocycles. The zero-order valence-corrected chi connectivity index (χ0v) is 13.2. The van der Waals surface area contributed by atoms with Crippen molar-refractivity contribution >= 4 is 21.6 Å². The van der Waals surface area contributed by atoms with Crippen molar-refractivity contribution in [2.24, 2.45) is 5.73 Å². The lowest BCUT2D eigenvalue weighted by Gasteiger charge is -2.25. The molecule has 5 nitrogen and oxygen atoms in total. The highest BCUT2D eigenvalue weighted by molar-refractivity contribution is 7.13. The number of fused-ring (bicyclic) bond motifs is 1. The molecule has 2 aromatic rings. The molecule has 1 aromatic heterocycles. The van der Waals surface area contributed by atoms with Crippen LogP contribution in [0, 0.1) is 0 Å². The van der Waals surface area contributed by atoms with Gasteiger partial charge in [0.05, 0.1) is 21.9 Å². The smallest absolute Gasteiger partial charge is 0.147 e. The van der Waals surface area contributed by atoms with Crippen LogP contribution < -0.4 is 10.5 Å². The molecule has 0 saturated carbocycles. The van der Waals surface area contributed by atoms with Crippen molar-refractivity contribution in [2.45, 2.75) is 44.4 Å². The van der Waals surface area contributed by atoms with E-state index in [0.29, 0.717) is 25.0 Å². The fourth-order valence-electron chi connectivity index (χ4n) is 2.09. The van der Waals surface area contributed by atoms with Gasteiger partial charge in [0, 0.05) is 0 Å². The molecule has 1 atom stereocenters. The molecule has 1 heterocycles. The molecular weight excluding hydrogens is 288 g/mol. The van der Waals surface area contributed by atoms with Crippen LogP contribution in [0.4, 0.5) is 0 Å². The standard InChI is InChI=1S/C15H22N2O3S/c1-14(2,18)7-4-8-15(16,19)10-20-12-5-3-6-13-11(12)9-17-21-13/h3,5-6,9,18-19H,4,7-8,10,16H2,1-2H3. The van der Waals surface area contributed by atoms with E-state index in [1.165, 1.54) is 11.5 Å². The van der Waals surface area contributed by atoms with Gasteiger partial charge in [-0.3, -0.25) is 0 Å². The summed E-state index contributed by atoms with van der Waals surface area (Å²) in [5, 5.41) is 20.7. The number of aromatic nitrogens is 1. The number of hydrogen-bond acceptors (Lipinski definition) is 6. The van der Waals surface area contributed by atoms with Gasteiger partial charge in [0.15, 0.2) is 0 Å². The number of hydrogen-bond donors (Lipinski definition) is 3. The molecule has 0 fully saturated rings. The van der Waals surface area contributed by atoms with Crippen LogP contribution in [0.25, 0.3) is 10.1 Å². The maximum absolute atomic E-state index is 10.2. The maximum Gasteiger partial charge on any atom is 0.147 e. The van der Waals surface area contributed by atoms with Crippen LogP contribution >= 0.6 is 11.5 Å². The summed E-state index contributed by atoms with van der Waals surface area (Å²) in [6.07, 6.45) is 3.33. The van der Waals surface area contributed by atoms with Crippen molar-refractivity contribution in [3.8, 4) is 5.75 Å². The van der Waals surface area contributed by atoms with E-state index in [1.807, 2.05) is 18.2 Å². The van der Waals surface area contributed by atoms with E-state index in [0.717, 1.165) is 10.1 Å². The molecule has 116 valence electrons. The summed E-state index contributed by atoms with van der Waals surface area (Å²) < 4.78 is 10.8. The topological polar surface area (TPSA) is 88.6 Å². The normalized spacial score (nSPS) is 15.1. The predicted molar refractivity (Wildman–Crippen MR) is 84.4 cm³/mol. The third-order valence-corrected chi connectivity index (χ3v) is 4.00. The van der Waals surface area contributed by atoms with Crippen LogP contribution in [-0.2, 0) is 0 Å². The highest BCUT2D eigenvalue weighted by atomic mass is 32.1. The van der Waals surface area contributed by atoms with Gasteiger partial charge in [-0.25, -0.2) is 0 Å². The van der Waals surface area contributed by atoms with Crippen LogP contribution in [0.2, 0.25) is 0 Å². The first-order valence-electron chi connectivity index (χ1n) is 6.97. The number of nitrogens with zero attached hydrogens (tertiary/aromatic N) is 1. The molecule has 4 N–H and O–H groups in total. The van der Waals surface area contributed by atoms with Crippen molar-refractivity contribution in [2.75, 3.05) is 6.61 Å². The van der Waals surface area contributed by atoms with Gasteiger partial charge in [0.25, 0.3) is 0 Å². The molecule has 0 aliphatic rings. The second-order valence-electron chi connectivity index (χ2n) is 6.05. The summed E-state index contributed by atoms with van der Waals surface area (Å²) in [7, 11) is 0. The number of aliphatic hydroxyl groups is 2. The number of rotatable bonds is 7. The van der Waals surface area contributed by atoms with Crippen molar-refractivity contribution in [1.29, 1.82) is 0 Å². The third kappa shape index (κ3) is 4.93. The zero-order chi connectivity index (χ0) is 15.5. The van der Waals surface area contributed by atoms with Crippen LogP contribution in [0.3, 0.4) is 0 Å². The van der Waals surface area contributed by atoms with Gasteiger partial charge in [-0.1, -0.05) is 6.07 Å². The summed E-state index contributed by atoms with van der Waals surface area (Å²) in [6, 6.07) is 5.70. The summed E-state index contributed by atoms with van der Waals surface area (Å²) in [6.45, 7) is 3.49. The summed E-state index contributed by atoms with van der Waals surface area (Å²) in [5.74, 6) is 0.674. The Morgan fingerprint density at radius 2 is 2.05 bits per heavy atom. The summed E-state index contributed by atoms with van der Waals surface area (Å²) >= 11 is 1.40. The van der Waals surface area contributed by atoms with E-state index in [2.05, 4.69) is 4.37 Å². The monoisotopic (exact) mass is 310 g/mol. The molecule has 2 rings (SSSR count). The highest BCUT2D eigenvalue weighted by Crippen LogP contribution is 2.28. The van der Waals surface area contributed by atoms with Crippen molar-refractivity contribution in [3.05, 3.63) is 24.4 Å².